The van der Waals surface area contributed by atoms with Gasteiger partial charge in [0, 0.05) is 24.5 Å². The van der Waals surface area contributed by atoms with Crippen LogP contribution in [0.1, 0.15) is 58.9 Å². The van der Waals surface area contributed by atoms with Crippen molar-refractivity contribution in [2.24, 2.45) is 17.0 Å². The fourth-order valence-electron chi connectivity index (χ4n) is 5.05. The summed E-state index contributed by atoms with van der Waals surface area (Å²) in [5.41, 5.74) is 2.08. The van der Waals surface area contributed by atoms with Gasteiger partial charge in [-0.3, -0.25) is 4.31 Å². The topological polar surface area (TPSA) is 66.6 Å². The lowest BCUT2D eigenvalue weighted by Crippen LogP contribution is -2.41. The minimum absolute atomic E-state index is 0.164. The maximum Gasteiger partial charge on any atom is 0.299 e. The monoisotopic (exact) mass is 393 g/mol. The number of benzene rings is 1. The SMILES string of the molecule is CCCCCCN1CC2C(C1)C2(C)c1cccc(N(C(C)C)S(N)(=O)=O)c1. The Morgan fingerprint density at radius 3 is 2.44 bits per heavy atom. The van der Waals surface area contributed by atoms with E-state index in [-0.39, 0.29) is 11.5 Å². The van der Waals surface area contributed by atoms with E-state index in [4.69, 9.17) is 5.14 Å². The Bertz CT molecular complexity index is 750. The number of hydrogen-bond acceptors (Lipinski definition) is 3. The second kappa shape index (κ2) is 7.72. The van der Waals surface area contributed by atoms with E-state index in [1.54, 1.807) is 0 Å². The molecule has 2 unspecified atom stereocenters. The molecule has 6 heteroatoms. The lowest BCUT2D eigenvalue weighted by atomic mass is 9.92. The molecule has 2 atom stereocenters. The molecule has 1 saturated carbocycles. The molecule has 0 spiro atoms. The van der Waals surface area contributed by atoms with Crippen LogP contribution in [0, 0.1) is 11.8 Å². The predicted octanol–water partition coefficient (Wildman–Crippen LogP) is 3.50. The van der Waals surface area contributed by atoms with Crippen molar-refractivity contribution in [1.82, 2.24) is 4.90 Å². The number of fused-ring (bicyclic) bond motifs is 1. The maximum atomic E-state index is 12.0. The van der Waals surface area contributed by atoms with E-state index in [0.29, 0.717) is 17.5 Å². The molecule has 152 valence electrons. The molecule has 0 radical (unpaired) electrons. The summed E-state index contributed by atoms with van der Waals surface area (Å²) in [7, 11) is -3.78. The molecule has 2 N–H and O–H groups in total. The highest BCUT2D eigenvalue weighted by Crippen LogP contribution is 2.63. The number of anilines is 1. The van der Waals surface area contributed by atoms with Crippen LogP contribution in [0.2, 0.25) is 0 Å². The van der Waals surface area contributed by atoms with E-state index in [0.717, 1.165) is 0 Å². The van der Waals surface area contributed by atoms with Gasteiger partial charge in [0.1, 0.15) is 0 Å². The summed E-state index contributed by atoms with van der Waals surface area (Å²) in [6.07, 6.45) is 5.25. The van der Waals surface area contributed by atoms with E-state index in [9.17, 15) is 8.42 Å². The second-order valence-electron chi connectivity index (χ2n) is 8.80. The number of likely N-dealkylation sites (tertiary alicyclic amines) is 1. The Balaban J connectivity index is 1.69. The summed E-state index contributed by atoms with van der Waals surface area (Å²) in [6.45, 7) is 11.8. The molecule has 1 heterocycles. The van der Waals surface area contributed by atoms with Crippen LogP contribution in [0.15, 0.2) is 24.3 Å². The Morgan fingerprint density at radius 2 is 1.89 bits per heavy atom. The van der Waals surface area contributed by atoms with Gasteiger partial charge in [0.15, 0.2) is 0 Å². The zero-order valence-corrected chi connectivity index (χ0v) is 18.0. The van der Waals surface area contributed by atoms with Crippen LogP contribution in [0.25, 0.3) is 0 Å². The van der Waals surface area contributed by atoms with Crippen LogP contribution in [-0.4, -0.2) is 39.0 Å². The standard InChI is InChI=1S/C21H35N3O2S/c1-5-6-7-8-12-23-14-19-20(15-23)21(19,4)17-10-9-11-18(13-17)24(16(2)3)27(22,25)26/h9-11,13,16,19-20H,5-8,12,14-15H2,1-4H3,(H2,22,25,26). The summed E-state index contributed by atoms with van der Waals surface area (Å²) >= 11 is 0. The molecule has 27 heavy (non-hydrogen) atoms. The largest absolute Gasteiger partial charge is 0.303 e. The fourth-order valence-corrected chi connectivity index (χ4v) is 6.05. The number of nitrogens with two attached hydrogens (primary N) is 1. The third-order valence-corrected chi connectivity index (χ3v) is 7.80. The van der Waals surface area contributed by atoms with Gasteiger partial charge in [0.2, 0.25) is 0 Å². The van der Waals surface area contributed by atoms with Crippen molar-refractivity contribution in [3.8, 4) is 0 Å². The normalized spacial score (nSPS) is 27.8. The minimum Gasteiger partial charge on any atom is -0.303 e. The second-order valence-corrected chi connectivity index (χ2v) is 10.2. The van der Waals surface area contributed by atoms with Crippen LogP contribution >= 0.6 is 0 Å². The Kier molecular flexibility index (Phi) is 5.90. The average Bonchev–Trinajstić information content (AvgIpc) is 2.93. The van der Waals surface area contributed by atoms with Crippen molar-refractivity contribution >= 4 is 15.9 Å². The summed E-state index contributed by atoms with van der Waals surface area (Å²) in [5, 5.41) is 5.46. The first-order chi connectivity index (χ1) is 12.7. The molecule has 3 rings (SSSR count). The quantitative estimate of drug-likeness (QED) is 0.653. The number of piperidine rings is 1. The minimum atomic E-state index is -3.78. The number of unbranched alkanes of at least 4 members (excludes halogenated alkanes) is 3. The van der Waals surface area contributed by atoms with Gasteiger partial charge in [-0.1, -0.05) is 45.2 Å². The highest BCUT2D eigenvalue weighted by molar-refractivity contribution is 7.90. The molecule has 5 nitrogen and oxygen atoms in total. The van der Waals surface area contributed by atoms with Crippen molar-refractivity contribution in [1.29, 1.82) is 0 Å². The van der Waals surface area contributed by atoms with E-state index in [1.165, 1.54) is 55.2 Å². The van der Waals surface area contributed by atoms with Gasteiger partial charge < -0.3 is 4.90 Å². The first-order valence-electron chi connectivity index (χ1n) is 10.3. The summed E-state index contributed by atoms with van der Waals surface area (Å²) in [6, 6.07) is 7.78. The molecule has 0 aromatic heterocycles. The molecule has 2 fully saturated rings. The first-order valence-corrected chi connectivity index (χ1v) is 11.8. The molecule has 1 aliphatic heterocycles. The average molecular weight is 394 g/mol. The van der Waals surface area contributed by atoms with Crippen molar-refractivity contribution in [3.05, 3.63) is 29.8 Å². The Hall–Kier alpha value is -1.11. The van der Waals surface area contributed by atoms with Gasteiger partial charge >= 0.3 is 0 Å². The van der Waals surface area contributed by atoms with E-state index >= 15 is 0 Å². The Morgan fingerprint density at radius 1 is 1.22 bits per heavy atom. The van der Waals surface area contributed by atoms with E-state index < -0.39 is 10.2 Å². The lowest BCUT2D eigenvalue weighted by Gasteiger charge is -2.28. The van der Waals surface area contributed by atoms with Crippen molar-refractivity contribution in [2.75, 3.05) is 23.9 Å². The molecule has 1 aromatic rings. The van der Waals surface area contributed by atoms with Gasteiger partial charge in [-0.05, 0) is 56.3 Å². The molecular formula is C21H35N3O2S. The smallest absolute Gasteiger partial charge is 0.299 e. The van der Waals surface area contributed by atoms with Gasteiger partial charge in [0.25, 0.3) is 10.2 Å². The third-order valence-electron chi connectivity index (χ3n) is 6.62. The number of hydrogen-bond donors (Lipinski definition) is 1. The highest BCUT2D eigenvalue weighted by Gasteiger charge is 2.65. The molecule has 0 bridgehead atoms. The summed E-state index contributed by atoms with van der Waals surface area (Å²) in [4.78, 5) is 2.61. The molecule has 1 saturated heterocycles. The third kappa shape index (κ3) is 4.03. The van der Waals surface area contributed by atoms with Gasteiger partial charge in [-0.2, -0.15) is 8.42 Å². The van der Waals surface area contributed by atoms with Crippen LogP contribution in [0.3, 0.4) is 0 Å². The molecular weight excluding hydrogens is 358 g/mol. The molecule has 1 aromatic carbocycles. The molecule has 0 amide bonds. The van der Waals surface area contributed by atoms with E-state index in [1.807, 2.05) is 32.0 Å². The van der Waals surface area contributed by atoms with Crippen molar-refractivity contribution in [3.63, 3.8) is 0 Å². The van der Waals surface area contributed by atoms with Gasteiger partial charge in [-0.15, -0.1) is 0 Å². The number of rotatable bonds is 9. The van der Waals surface area contributed by atoms with Crippen molar-refractivity contribution < 1.29 is 8.42 Å². The van der Waals surface area contributed by atoms with Crippen LogP contribution in [0.5, 0.6) is 0 Å². The predicted molar refractivity (Wildman–Crippen MR) is 112 cm³/mol. The van der Waals surface area contributed by atoms with Crippen molar-refractivity contribution in [2.45, 2.75) is 64.8 Å². The van der Waals surface area contributed by atoms with E-state index in [2.05, 4.69) is 24.8 Å². The first kappa shape index (κ1) is 20.6. The zero-order valence-electron chi connectivity index (χ0n) is 17.2. The molecule has 1 aliphatic carbocycles. The highest BCUT2D eigenvalue weighted by atomic mass is 32.2. The fraction of sp³-hybridized carbons (Fsp3) is 0.714. The number of nitrogens with zero attached hydrogens (tertiary/aromatic N) is 2. The maximum absolute atomic E-state index is 12.0. The van der Waals surface area contributed by atoms with Crippen LogP contribution < -0.4 is 9.44 Å². The lowest BCUT2D eigenvalue weighted by molar-refractivity contribution is 0.271. The van der Waals surface area contributed by atoms with Gasteiger partial charge in [0.05, 0.1) is 5.69 Å². The van der Waals surface area contributed by atoms with Crippen LogP contribution in [0.4, 0.5) is 5.69 Å². The molecule has 2 aliphatic rings. The summed E-state index contributed by atoms with van der Waals surface area (Å²) < 4.78 is 25.4. The van der Waals surface area contributed by atoms with Crippen LogP contribution in [-0.2, 0) is 15.6 Å². The summed E-state index contributed by atoms with van der Waals surface area (Å²) in [5.74, 6) is 1.36. The zero-order chi connectivity index (χ0) is 19.8. The Labute approximate surface area is 165 Å². The van der Waals surface area contributed by atoms with Gasteiger partial charge in [-0.25, -0.2) is 5.14 Å².